The van der Waals surface area contributed by atoms with E-state index in [1.165, 1.54) is 22.6 Å². The second kappa shape index (κ2) is 7.32. The highest BCUT2D eigenvalue weighted by Gasteiger charge is 2.24. The van der Waals surface area contributed by atoms with E-state index in [4.69, 9.17) is 16.6 Å². The summed E-state index contributed by atoms with van der Waals surface area (Å²) in [6.45, 7) is 2.82. The van der Waals surface area contributed by atoms with Crippen molar-refractivity contribution in [3.05, 3.63) is 80.7 Å². The molecule has 6 heteroatoms. The number of rotatable bonds is 3. The Hall–Kier alpha value is -2.63. The van der Waals surface area contributed by atoms with Gasteiger partial charge in [-0.1, -0.05) is 48.0 Å². The molecule has 1 atom stereocenters. The van der Waals surface area contributed by atoms with Crippen LogP contribution in [0.25, 0.3) is 21.3 Å². The van der Waals surface area contributed by atoms with Gasteiger partial charge in [0, 0.05) is 33.3 Å². The van der Waals surface area contributed by atoms with Crippen LogP contribution in [0.15, 0.2) is 58.7 Å². The first-order valence-electron chi connectivity index (χ1n) is 9.71. The van der Waals surface area contributed by atoms with E-state index in [2.05, 4.69) is 41.1 Å². The zero-order chi connectivity index (χ0) is 20.0. The summed E-state index contributed by atoms with van der Waals surface area (Å²) in [5, 5.41) is 3.21. The Kier molecular flexibility index (Phi) is 4.64. The molecule has 4 nitrogen and oxygen atoms in total. The Morgan fingerprint density at radius 2 is 1.97 bits per heavy atom. The van der Waals surface area contributed by atoms with E-state index in [9.17, 15) is 4.79 Å². The van der Waals surface area contributed by atoms with Crippen LogP contribution in [0, 0.1) is 0 Å². The third-order valence-electron chi connectivity index (χ3n) is 5.64. The van der Waals surface area contributed by atoms with Gasteiger partial charge in [-0.05, 0) is 37.5 Å². The minimum atomic E-state index is -0.112. The Balaban J connectivity index is 1.55. The average molecular weight is 422 g/mol. The number of fused-ring (bicyclic) bond motifs is 2. The van der Waals surface area contributed by atoms with Crippen LogP contribution >= 0.6 is 22.9 Å². The molecule has 2 aromatic heterocycles. The van der Waals surface area contributed by atoms with Gasteiger partial charge in [-0.25, -0.2) is 4.98 Å². The second-order valence-corrected chi connectivity index (χ2v) is 8.73. The largest absolute Gasteiger partial charge is 0.361 e. The number of H-pyrrole nitrogens is 1. The van der Waals surface area contributed by atoms with E-state index in [1.54, 1.807) is 0 Å². The summed E-state index contributed by atoms with van der Waals surface area (Å²) in [7, 11) is 0. The number of aromatic amines is 1. The topological polar surface area (TPSA) is 49.0 Å². The molecular weight excluding hydrogens is 402 g/mol. The molecule has 1 N–H and O–H groups in total. The second-order valence-electron chi connectivity index (χ2n) is 7.47. The number of anilines is 1. The van der Waals surface area contributed by atoms with Crippen molar-refractivity contribution in [3.63, 3.8) is 0 Å². The van der Waals surface area contributed by atoms with E-state index in [0.29, 0.717) is 28.8 Å². The van der Waals surface area contributed by atoms with Crippen LogP contribution in [0.5, 0.6) is 0 Å². The van der Waals surface area contributed by atoms with Gasteiger partial charge < -0.3 is 9.88 Å². The third kappa shape index (κ3) is 3.24. The van der Waals surface area contributed by atoms with Crippen LogP contribution in [-0.4, -0.2) is 16.0 Å². The maximum atomic E-state index is 13.0. The van der Waals surface area contributed by atoms with Crippen LogP contribution in [0.4, 0.5) is 5.69 Å². The van der Waals surface area contributed by atoms with Crippen LogP contribution in [0.1, 0.15) is 24.7 Å². The van der Waals surface area contributed by atoms with Gasteiger partial charge in [0.05, 0.1) is 11.9 Å². The summed E-state index contributed by atoms with van der Waals surface area (Å²) in [4.78, 5) is 23.9. The molecule has 0 spiro atoms. The first-order chi connectivity index (χ1) is 14.1. The van der Waals surface area contributed by atoms with E-state index in [-0.39, 0.29) is 5.56 Å². The summed E-state index contributed by atoms with van der Waals surface area (Å²) in [5.74, 6) is 0.693. The summed E-state index contributed by atoms with van der Waals surface area (Å²) < 4.78 is 0. The van der Waals surface area contributed by atoms with Crippen molar-refractivity contribution in [3.8, 4) is 11.1 Å². The normalized spacial score (nSPS) is 16.2. The molecule has 1 aliphatic rings. The molecule has 146 valence electrons. The van der Waals surface area contributed by atoms with E-state index in [1.807, 2.05) is 29.6 Å². The quantitative estimate of drug-likeness (QED) is 0.465. The number of aromatic nitrogens is 2. The van der Waals surface area contributed by atoms with Crippen LogP contribution < -0.4 is 10.5 Å². The highest BCUT2D eigenvalue weighted by atomic mass is 35.5. The lowest BCUT2D eigenvalue weighted by molar-refractivity contribution is 0.552. The van der Waals surface area contributed by atoms with Crippen molar-refractivity contribution >= 4 is 38.8 Å². The number of benzene rings is 2. The fourth-order valence-electron chi connectivity index (χ4n) is 4.11. The fraction of sp³-hybridized carbons (Fsp3) is 0.217. The lowest BCUT2D eigenvalue weighted by atomic mass is 9.96. The molecule has 0 radical (unpaired) electrons. The Labute approximate surface area is 177 Å². The summed E-state index contributed by atoms with van der Waals surface area (Å²) in [6, 6.07) is 16.5. The first-order valence-corrected chi connectivity index (χ1v) is 11.0. The molecule has 0 saturated carbocycles. The number of nitrogens with one attached hydrogen (secondary N) is 1. The molecule has 4 aromatic rings. The number of aryl methyl sites for hydroxylation is 1. The van der Waals surface area contributed by atoms with Crippen LogP contribution in [0.3, 0.4) is 0 Å². The first kappa shape index (κ1) is 18.4. The van der Waals surface area contributed by atoms with Crippen molar-refractivity contribution in [2.45, 2.75) is 32.4 Å². The van der Waals surface area contributed by atoms with Gasteiger partial charge >= 0.3 is 0 Å². The smallest absolute Gasteiger partial charge is 0.260 e. The summed E-state index contributed by atoms with van der Waals surface area (Å²) in [6.07, 6.45) is 2.18. The number of hydrogen-bond donors (Lipinski definition) is 1. The highest BCUT2D eigenvalue weighted by molar-refractivity contribution is 7.17. The predicted octanol–water partition coefficient (Wildman–Crippen LogP) is 5.65. The Bertz CT molecular complexity index is 1260. The van der Waals surface area contributed by atoms with E-state index in [0.717, 1.165) is 28.8 Å². The maximum Gasteiger partial charge on any atom is 0.260 e. The zero-order valence-corrected chi connectivity index (χ0v) is 17.6. The predicted molar refractivity (Wildman–Crippen MR) is 121 cm³/mol. The van der Waals surface area contributed by atoms with Crippen molar-refractivity contribution in [2.75, 3.05) is 4.90 Å². The average Bonchev–Trinajstić information content (AvgIpc) is 3.15. The molecular formula is C23H20ClN3OS. The molecule has 0 saturated heterocycles. The molecule has 0 amide bonds. The van der Waals surface area contributed by atoms with Gasteiger partial charge in [0.25, 0.3) is 5.56 Å². The van der Waals surface area contributed by atoms with Crippen LogP contribution in [-0.2, 0) is 13.0 Å². The molecule has 29 heavy (non-hydrogen) atoms. The van der Waals surface area contributed by atoms with Gasteiger partial charge in [-0.15, -0.1) is 11.3 Å². The Morgan fingerprint density at radius 3 is 2.83 bits per heavy atom. The van der Waals surface area contributed by atoms with E-state index < -0.39 is 0 Å². The van der Waals surface area contributed by atoms with Crippen molar-refractivity contribution < 1.29 is 0 Å². The molecule has 3 heterocycles. The van der Waals surface area contributed by atoms with Gasteiger partial charge in [-0.3, -0.25) is 4.79 Å². The van der Waals surface area contributed by atoms with Gasteiger partial charge in [-0.2, -0.15) is 0 Å². The van der Waals surface area contributed by atoms with Crippen molar-refractivity contribution in [1.82, 2.24) is 9.97 Å². The molecule has 2 aromatic carbocycles. The van der Waals surface area contributed by atoms with Gasteiger partial charge in [0.2, 0.25) is 0 Å². The maximum absolute atomic E-state index is 13.0. The summed E-state index contributed by atoms with van der Waals surface area (Å²) in [5.41, 5.74) is 4.17. The number of para-hydroxylation sites is 1. The van der Waals surface area contributed by atoms with Crippen LogP contribution in [0.2, 0.25) is 5.02 Å². The Morgan fingerprint density at radius 1 is 1.17 bits per heavy atom. The molecule has 0 bridgehead atoms. The minimum absolute atomic E-state index is 0.112. The van der Waals surface area contributed by atoms with Gasteiger partial charge in [0.15, 0.2) is 0 Å². The number of hydrogen-bond acceptors (Lipinski definition) is 4. The standard InChI is InChI=1S/C23H20ClN3OS/c1-14-10-11-15-6-2-5-9-19(15)27(14)12-20-25-22(28)21-17(13-29-23(21)26-20)16-7-3-4-8-18(16)24/h2-9,13-14H,10-12H2,1H3,(H,25,26,28)/t14-/m0/s1. The van der Waals surface area contributed by atoms with Crippen molar-refractivity contribution in [1.29, 1.82) is 0 Å². The summed E-state index contributed by atoms with van der Waals surface area (Å²) >= 11 is 7.84. The zero-order valence-electron chi connectivity index (χ0n) is 16.0. The monoisotopic (exact) mass is 421 g/mol. The molecule has 5 rings (SSSR count). The highest BCUT2D eigenvalue weighted by Crippen LogP contribution is 2.35. The van der Waals surface area contributed by atoms with Gasteiger partial charge in [0.1, 0.15) is 10.7 Å². The fourth-order valence-corrected chi connectivity index (χ4v) is 5.30. The minimum Gasteiger partial charge on any atom is -0.361 e. The number of thiophene rings is 1. The molecule has 0 aliphatic carbocycles. The number of nitrogens with zero attached hydrogens (tertiary/aromatic N) is 2. The molecule has 0 unspecified atom stereocenters. The molecule has 1 aliphatic heterocycles. The third-order valence-corrected chi connectivity index (χ3v) is 6.84. The number of halogens is 1. The van der Waals surface area contributed by atoms with Crippen molar-refractivity contribution in [2.24, 2.45) is 0 Å². The molecule has 0 fully saturated rings. The lowest BCUT2D eigenvalue weighted by Gasteiger charge is -2.36. The SMILES string of the molecule is C[C@H]1CCc2ccccc2N1Cc1nc2scc(-c3ccccc3Cl)c2c(=O)[nH]1. The van der Waals surface area contributed by atoms with E-state index >= 15 is 0 Å². The lowest BCUT2D eigenvalue weighted by Crippen LogP contribution is -2.37.